The van der Waals surface area contributed by atoms with E-state index in [1.54, 1.807) is 6.20 Å². The number of nitrogens with one attached hydrogen (secondary N) is 2. The maximum Gasteiger partial charge on any atom is 0.213 e. The minimum Gasteiger partial charge on any atom is -0.488 e. The van der Waals surface area contributed by atoms with Gasteiger partial charge in [0.15, 0.2) is 5.96 Å². The van der Waals surface area contributed by atoms with Crippen molar-refractivity contribution >= 4 is 5.96 Å². The molecule has 0 saturated carbocycles. The second-order valence-corrected chi connectivity index (χ2v) is 8.63. The summed E-state index contributed by atoms with van der Waals surface area (Å²) in [5.74, 6) is 3.11. The molecule has 0 bridgehead atoms. The summed E-state index contributed by atoms with van der Waals surface area (Å²) in [6.07, 6.45) is 2.83. The van der Waals surface area contributed by atoms with E-state index in [1.165, 1.54) is 5.56 Å². The molecule has 7 heteroatoms. The van der Waals surface area contributed by atoms with Crippen molar-refractivity contribution in [2.24, 2.45) is 4.99 Å². The van der Waals surface area contributed by atoms with Crippen molar-refractivity contribution in [1.29, 1.82) is 0 Å². The van der Waals surface area contributed by atoms with Crippen molar-refractivity contribution in [1.82, 2.24) is 15.6 Å². The summed E-state index contributed by atoms with van der Waals surface area (Å²) >= 11 is 0. The van der Waals surface area contributed by atoms with Crippen LogP contribution in [-0.2, 0) is 23.2 Å². The lowest BCUT2D eigenvalue weighted by molar-refractivity contribution is 0.140. The molecule has 7 nitrogen and oxygen atoms in total. The van der Waals surface area contributed by atoms with Gasteiger partial charge in [-0.25, -0.2) is 9.98 Å². The second kappa shape index (κ2) is 9.98. The van der Waals surface area contributed by atoms with Gasteiger partial charge in [0.1, 0.15) is 17.6 Å². The van der Waals surface area contributed by atoms with Crippen LogP contribution in [0.15, 0.2) is 33.8 Å². The Morgan fingerprint density at radius 3 is 2.80 bits per heavy atom. The summed E-state index contributed by atoms with van der Waals surface area (Å²) in [6, 6.07) is 6.24. The van der Waals surface area contributed by atoms with Crippen molar-refractivity contribution in [3.8, 4) is 5.75 Å². The third kappa shape index (κ3) is 6.23. The zero-order valence-electron chi connectivity index (χ0n) is 18.7. The van der Waals surface area contributed by atoms with Crippen molar-refractivity contribution in [3.63, 3.8) is 0 Å². The third-order valence-electron chi connectivity index (χ3n) is 4.86. The van der Waals surface area contributed by atoms with E-state index in [9.17, 15) is 0 Å². The molecule has 0 aliphatic carbocycles. The number of hydrogen-bond acceptors (Lipinski definition) is 5. The fourth-order valence-corrected chi connectivity index (χ4v) is 3.09. The Morgan fingerprint density at radius 1 is 1.30 bits per heavy atom. The number of aliphatic imine (C=N–C) groups is 1. The Bertz CT molecular complexity index is 848. The maximum absolute atomic E-state index is 6.18. The zero-order valence-corrected chi connectivity index (χ0v) is 18.7. The van der Waals surface area contributed by atoms with Crippen LogP contribution in [0.25, 0.3) is 0 Å². The highest BCUT2D eigenvalue weighted by molar-refractivity contribution is 5.79. The molecule has 0 spiro atoms. The Hall–Kier alpha value is -2.54. The average molecular weight is 415 g/mol. The smallest absolute Gasteiger partial charge is 0.213 e. The van der Waals surface area contributed by atoms with Gasteiger partial charge in [-0.1, -0.05) is 32.9 Å². The first-order valence-corrected chi connectivity index (χ1v) is 10.7. The highest BCUT2D eigenvalue weighted by atomic mass is 16.5. The molecule has 2 N–H and O–H groups in total. The Kier molecular flexibility index (Phi) is 7.37. The molecule has 2 heterocycles. The lowest BCUT2D eigenvalue weighted by Gasteiger charge is -2.16. The van der Waals surface area contributed by atoms with Crippen LogP contribution in [0, 0.1) is 6.92 Å². The number of oxazole rings is 1. The number of aryl methyl sites for hydroxylation is 1. The van der Waals surface area contributed by atoms with Gasteiger partial charge in [0, 0.05) is 23.9 Å². The predicted octanol–water partition coefficient (Wildman–Crippen LogP) is 3.70. The predicted molar refractivity (Wildman–Crippen MR) is 118 cm³/mol. The van der Waals surface area contributed by atoms with Crippen LogP contribution in [0.3, 0.4) is 0 Å². The van der Waals surface area contributed by atoms with Crippen LogP contribution in [0.1, 0.15) is 56.9 Å². The number of aromatic nitrogens is 1. The second-order valence-electron chi connectivity index (χ2n) is 8.63. The lowest BCUT2D eigenvalue weighted by atomic mass is 9.94. The molecular formula is C23H34N4O3. The van der Waals surface area contributed by atoms with E-state index in [1.807, 2.05) is 6.92 Å². The van der Waals surface area contributed by atoms with Gasteiger partial charge in [0.05, 0.1) is 32.5 Å². The molecule has 1 atom stereocenters. The monoisotopic (exact) mass is 414 g/mol. The van der Waals surface area contributed by atoms with Gasteiger partial charge in [0.25, 0.3) is 0 Å². The SMILES string of the molecule is CCNC(=NCc1ccc(C)cc1OC1CCOC1)NCc1ncc(C(C)(C)C)o1. The summed E-state index contributed by atoms with van der Waals surface area (Å²) in [5, 5.41) is 6.57. The molecule has 1 unspecified atom stereocenters. The van der Waals surface area contributed by atoms with Crippen LogP contribution in [0.5, 0.6) is 5.75 Å². The first-order chi connectivity index (χ1) is 14.3. The Morgan fingerprint density at radius 2 is 2.13 bits per heavy atom. The molecule has 0 radical (unpaired) electrons. The van der Waals surface area contributed by atoms with Crippen molar-refractivity contribution in [2.75, 3.05) is 19.8 Å². The average Bonchev–Trinajstić information content (AvgIpc) is 3.37. The van der Waals surface area contributed by atoms with Gasteiger partial charge in [-0.2, -0.15) is 0 Å². The van der Waals surface area contributed by atoms with E-state index in [0.29, 0.717) is 31.5 Å². The first-order valence-electron chi connectivity index (χ1n) is 10.7. The molecule has 1 aromatic carbocycles. The van der Waals surface area contributed by atoms with Crippen LogP contribution in [-0.4, -0.2) is 36.8 Å². The van der Waals surface area contributed by atoms with Crippen molar-refractivity contribution < 1.29 is 13.9 Å². The maximum atomic E-state index is 6.18. The lowest BCUT2D eigenvalue weighted by Crippen LogP contribution is -2.36. The number of rotatable bonds is 7. The standard InChI is InChI=1S/C23H34N4O3/c1-6-24-22(27-14-21-25-13-20(30-21)23(3,4)5)26-12-17-8-7-16(2)11-19(17)29-18-9-10-28-15-18/h7-8,11,13,18H,6,9-10,12,14-15H2,1-5H3,(H2,24,26,27). The summed E-state index contributed by atoms with van der Waals surface area (Å²) in [4.78, 5) is 9.10. The van der Waals surface area contributed by atoms with Gasteiger partial charge in [-0.05, 0) is 25.5 Å². The molecule has 164 valence electrons. The van der Waals surface area contributed by atoms with Crippen molar-refractivity contribution in [2.45, 2.75) is 65.6 Å². The highest BCUT2D eigenvalue weighted by Gasteiger charge is 2.20. The summed E-state index contributed by atoms with van der Waals surface area (Å²) in [5.41, 5.74) is 2.16. The minimum absolute atomic E-state index is 0.0595. The molecule has 1 aliphatic rings. The fraction of sp³-hybridized carbons (Fsp3) is 0.565. The first kappa shape index (κ1) is 22.2. The van der Waals surface area contributed by atoms with Gasteiger partial charge >= 0.3 is 0 Å². The molecule has 1 aromatic heterocycles. The van der Waals surface area contributed by atoms with Gasteiger partial charge < -0.3 is 24.5 Å². The summed E-state index contributed by atoms with van der Waals surface area (Å²) in [6.45, 7) is 13.6. The molecule has 0 amide bonds. The van der Waals surface area contributed by atoms with E-state index in [2.05, 4.69) is 61.5 Å². The fourth-order valence-electron chi connectivity index (χ4n) is 3.09. The molecule has 1 aliphatic heterocycles. The number of hydrogen-bond donors (Lipinski definition) is 2. The van der Waals surface area contributed by atoms with Crippen molar-refractivity contribution in [3.05, 3.63) is 47.2 Å². The van der Waals surface area contributed by atoms with E-state index >= 15 is 0 Å². The Balaban J connectivity index is 1.66. The summed E-state index contributed by atoms with van der Waals surface area (Å²) < 4.78 is 17.5. The molecule has 30 heavy (non-hydrogen) atoms. The summed E-state index contributed by atoms with van der Waals surface area (Å²) in [7, 11) is 0. The Labute approximate surface area is 179 Å². The van der Waals surface area contributed by atoms with E-state index in [4.69, 9.17) is 18.9 Å². The molecule has 1 fully saturated rings. The largest absolute Gasteiger partial charge is 0.488 e. The number of nitrogens with zero attached hydrogens (tertiary/aromatic N) is 2. The topological polar surface area (TPSA) is 80.9 Å². The number of benzene rings is 1. The normalized spacial score (nSPS) is 17.2. The minimum atomic E-state index is -0.0595. The molecule has 2 aromatic rings. The molecule has 3 rings (SSSR count). The van der Waals surface area contributed by atoms with E-state index < -0.39 is 0 Å². The van der Waals surface area contributed by atoms with Crippen LogP contribution >= 0.6 is 0 Å². The quantitative estimate of drug-likeness (QED) is 0.531. The van der Waals surface area contributed by atoms with Crippen LogP contribution in [0.2, 0.25) is 0 Å². The van der Waals surface area contributed by atoms with E-state index in [0.717, 1.165) is 36.6 Å². The zero-order chi connectivity index (χ0) is 21.6. The van der Waals surface area contributed by atoms with E-state index in [-0.39, 0.29) is 11.5 Å². The van der Waals surface area contributed by atoms with Gasteiger partial charge in [-0.15, -0.1) is 0 Å². The van der Waals surface area contributed by atoms with Crippen LogP contribution in [0.4, 0.5) is 0 Å². The third-order valence-corrected chi connectivity index (χ3v) is 4.86. The van der Waals surface area contributed by atoms with Gasteiger partial charge in [0.2, 0.25) is 5.89 Å². The number of guanidine groups is 1. The number of ether oxygens (including phenoxy) is 2. The van der Waals surface area contributed by atoms with Gasteiger partial charge in [-0.3, -0.25) is 0 Å². The molecular weight excluding hydrogens is 380 g/mol. The van der Waals surface area contributed by atoms with Crippen LogP contribution < -0.4 is 15.4 Å². The highest BCUT2D eigenvalue weighted by Crippen LogP contribution is 2.25. The molecule has 1 saturated heterocycles.